The van der Waals surface area contributed by atoms with Gasteiger partial charge in [0.2, 0.25) is 0 Å². The molecule has 0 aliphatic heterocycles. The highest BCUT2D eigenvalue weighted by molar-refractivity contribution is 5.61. The van der Waals surface area contributed by atoms with E-state index in [1.54, 1.807) is 0 Å². The van der Waals surface area contributed by atoms with Crippen LogP contribution in [0.1, 0.15) is 12.5 Å². The Labute approximate surface area is 107 Å². The molecule has 1 aromatic heterocycles. The van der Waals surface area contributed by atoms with Gasteiger partial charge in [-0.3, -0.25) is 0 Å². The summed E-state index contributed by atoms with van der Waals surface area (Å²) in [6.45, 7) is 5.03. The van der Waals surface area contributed by atoms with E-state index >= 15 is 0 Å². The molecular weight excluding hydrogens is 224 g/mol. The van der Waals surface area contributed by atoms with E-state index < -0.39 is 0 Å². The van der Waals surface area contributed by atoms with Crippen molar-refractivity contribution >= 4 is 17.3 Å². The first-order valence-electron chi connectivity index (χ1n) is 6.02. The van der Waals surface area contributed by atoms with Crippen molar-refractivity contribution in [1.82, 2.24) is 4.98 Å². The van der Waals surface area contributed by atoms with Gasteiger partial charge in [-0.2, -0.15) is 0 Å². The summed E-state index contributed by atoms with van der Waals surface area (Å²) in [7, 11) is 0. The van der Waals surface area contributed by atoms with Crippen molar-refractivity contribution in [3.63, 3.8) is 0 Å². The van der Waals surface area contributed by atoms with Crippen molar-refractivity contribution in [2.45, 2.75) is 13.8 Å². The van der Waals surface area contributed by atoms with E-state index in [-0.39, 0.29) is 0 Å². The maximum Gasteiger partial charge on any atom is 0.142 e. The van der Waals surface area contributed by atoms with Crippen LogP contribution in [0.25, 0.3) is 0 Å². The molecule has 0 saturated heterocycles. The molecule has 0 spiro atoms. The van der Waals surface area contributed by atoms with Crippen LogP contribution in [0.5, 0.6) is 0 Å². The molecule has 3 N–H and O–H groups in total. The van der Waals surface area contributed by atoms with Crippen LogP contribution in [0.3, 0.4) is 0 Å². The number of hydrogen-bond donors (Lipinski definition) is 2. The number of hydrazine groups is 1. The molecular formula is C14H18N4. The van der Waals surface area contributed by atoms with Crippen LogP contribution < -0.4 is 16.2 Å². The number of benzene rings is 1. The number of aryl methyl sites for hydroxylation is 1. The Kier molecular flexibility index (Phi) is 3.79. The maximum atomic E-state index is 5.39. The van der Waals surface area contributed by atoms with Crippen LogP contribution in [0.15, 0.2) is 42.5 Å². The number of aromatic nitrogens is 1. The van der Waals surface area contributed by atoms with Gasteiger partial charge in [-0.05, 0) is 38.1 Å². The van der Waals surface area contributed by atoms with E-state index in [0.29, 0.717) is 5.82 Å². The van der Waals surface area contributed by atoms with Gasteiger partial charge < -0.3 is 10.3 Å². The van der Waals surface area contributed by atoms with Crippen LogP contribution in [-0.2, 0) is 0 Å². The van der Waals surface area contributed by atoms with Crippen LogP contribution in [0.4, 0.5) is 17.3 Å². The monoisotopic (exact) mass is 242 g/mol. The van der Waals surface area contributed by atoms with Gasteiger partial charge in [-0.15, -0.1) is 0 Å². The number of pyridine rings is 1. The van der Waals surface area contributed by atoms with Crippen LogP contribution in [-0.4, -0.2) is 11.5 Å². The zero-order valence-corrected chi connectivity index (χ0v) is 10.7. The molecule has 2 aromatic rings. The molecule has 1 aromatic carbocycles. The second-order valence-electron chi connectivity index (χ2n) is 4.11. The Balaban J connectivity index is 2.35. The summed E-state index contributed by atoms with van der Waals surface area (Å²) in [6.07, 6.45) is 0. The summed E-state index contributed by atoms with van der Waals surface area (Å²) in [5.74, 6) is 6.94. The molecule has 1 heterocycles. The van der Waals surface area contributed by atoms with Crippen molar-refractivity contribution in [3.05, 3.63) is 48.0 Å². The molecule has 18 heavy (non-hydrogen) atoms. The molecule has 0 atom stereocenters. The van der Waals surface area contributed by atoms with Gasteiger partial charge in [-0.1, -0.05) is 23.8 Å². The summed E-state index contributed by atoms with van der Waals surface area (Å²) in [6, 6.07) is 14.2. The van der Waals surface area contributed by atoms with Gasteiger partial charge in [-0.25, -0.2) is 10.8 Å². The lowest BCUT2D eigenvalue weighted by Gasteiger charge is -2.22. The van der Waals surface area contributed by atoms with Crippen molar-refractivity contribution in [1.29, 1.82) is 0 Å². The Bertz CT molecular complexity index is 507. The third-order valence-corrected chi connectivity index (χ3v) is 2.82. The highest BCUT2D eigenvalue weighted by atomic mass is 15.3. The highest BCUT2D eigenvalue weighted by Gasteiger charge is 2.08. The van der Waals surface area contributed by atoms with Crippen LogP contribution in [0, 0.1) is 6.92 Å². The minimum atomic E-state index is 0.665. The predicted octanol–water partition coefficient (Wildman–Crippen LogP) is 2.83. The number of rotatable bonds is 4. The lowest BCUT2D eigenvalue weighted by atomic mass is 10.2. The number of anilines is 3. The summed E-state index contributed by atoms with van der Waals surface area (Å²) in [5.41, 5.74) is 4.95. The van der Waals surface area contributed by atoms with Gasteiger partial charge in [0.05, 0.1) is 0 Å². The summed E-state index contributed by atoms with van der Waals surface area (Å²) in [4.78, 5) is 6.59. The first-order valence-corrected chi connectivity index (χ1v) is 6.02. The molecule has 2 rings (SSSR count). The summed E-state index contributed by atoms with van der Waals surface area (Å²) < 4.78 is 0. The molecule has 0 radical (unpaired) electrons. The fourth-order valence-electron chi connectivity index (χ4n) is 1.86. The van der Waals surface area contributed by atoms with E-state index in [0.717, 1.165) is 18.1 Å². The van der Waals surface area contributed by atoms with E-state index in [2.05, 4.69) is 53.4 Å². The van der Waals surface area contributed by atoms with Crippen molar-refractivity contribution in [2.24, 2.45) is 5.84 Å². The van der Waals surface area contributed by atoms with Crippen molar-refractivity contribution < 1.29 is 0 Å². The topological polar surface area (TPSA) is 54.2 Å². The molecule has 0 saturated carbocycles. The van der Waals surface area contributed by atoms with Gasteiger partial charge in [0.15, 0.2) is 0 Å². The number of nitrogens with two attached hydrogens (primary N) is 1. The predicted molar refractivity (Wildman–Crippen MR) is 75.9 cm³/mol. The molecule has 0 unspecified atom stereocenters. The molecule has 94 valence electrons. The van der Waals surface area contributed by atoms with Gasteiger partial charge in [0.25, 0.3) is 0 Å². The SMILES string of the molecule is CCN(c1ccc(C)cc1)c1cccc(NN)n1. The van der Waals surface area contributed by atoms with Crippen LogP contribution >= 0.6 is 0 Å². The zero-order valence-electron chi connectivity index (χ0n) is 10.7. The zero-order chi connectivity index (χ0) is 13.0. The Morgan fingerprint density at radius 3 is 2.50 bits per heavy atom. The Hall–Kier alpha value is -2.07. The summed E-state index contributed by atoms with van der Waals surface area (Å²) >= 11 is 0. The average molecular weight is 242 g/mol. The smallest absolute Gasteiger partial charge is 0.142 e. The molecule has 0 aliphatic rings. The minimum Gasteiger partial charge on any atom is -0.327 e. The van der Waals surface area contributed by atoms with E-state index in [1.807, 2.05) is 18.2 Å². The highest BCUT2D eigenvalue weighted by Crippen LogP contribution is 2.24. The summed E-state index contributed by atoms with van der Waals surface area (Å²) in [5, 5.41) is 0. The lowest BCUT2D eigenvalue weighted by molar-refractivity contribution is 0.988. The van der Waals surface area contributed by atoms with Gasteiger partial charge in [0.1, 0.15) is 11.6 Å². The average Bonchev–Trinajstić information content (AvgIpc) is 2.42. The number of nitrogens with one attached hydrogen (secondary N) is 1. The number of nitrogens with zero attached hydrogens (tertiary/aromatic N) is 2. The first kappa shape index (κ1) is 12.4. The second kappa shape index (κ2) is 5.51. The maximum absolute atomic E-state index is 5.39. The molecule has 0 aliphatic carbocycles. The third kappa shape index (κ3) is 2.60. The third-order valence-electron chi connectivity index (χ3n) is 2.82. The molecule has 4 heteroatoms. The second-order valence-corrected chi connectivity index (χ2v) is 4.11. The molecule has 0 bridgehead atoms. The largest absolute Gasteiger partial charge is 0.327 e. The number of hydrogen-bond acceptors (Lipinski definition) is 4. The van der Waals surface area contributed by atoms with Crippen LogP contribution in [0.2, 0.25) is 0 Å². The quantitative estimate of drug-likeness (QED) is 0.639. The lowest BCUT2D eigenvalue weighted by Crippen LogP contribution is -2.18. The molecule has 0 amide bonds. The molecule has 0 fully saturated rings. The fraction of sp³-hybridized carbons (Fsp3) is 0.214. The fourth-order valence-corrected chi connectivity index (χ4v) is 1.86. The Morgan fingerprint density at radius 2 is 1.89 bits per heavy atom. The van der Waals surface area contributed by atoms with Gasteiger partial charge >= 0.3 is 0 Å². The van der Waals surface area contributed by atoms with E-state index in [1.165, 1.54) is 5.56 Å². The normalized spacial score (nSPS) is 10.2. The standard InChI is InChI=1S/C14H18N4/c1-3-18(12-9-7-11(2)8-10-12)14-6-4-5-13(16-14)17-15/h4-10H,3,15H2,1-2H3,(H,16,17). The van der Waals surface area contributed by atoms with Crippen molar-refractivity contribution in [3.8, 4) is 0 Å². The van der Waals surface area contributed by atoms with E-state index in [4.69, 9.17) is 5.84 Å². The molecule has 4 nitrogen and oxygen atoms in total. The Morgan fingerprint density at radius 1 is 1.17 bits per heavy atom. The van der Waals surface area contributed by atoms with E-state index in [9.17, 15) is 0 Å². The number of nitrogen functional groups attached to an aromatic ring is 1. The first-order chi connectivity index (χ1) is 8.74. The van der Waals surface area contributed by atoms with Crippen molar-refractivity contribution in [2.75, 3.05) is 16.9 Å². The minimum absolute atomic E-state index is 0.665. The van der Waals surface area contributed by atoms with Gasteiger partial charge in [0, 0.05) is 12.2 Å².